The Morgan fingerprint density at radius 1 is 1.00 bits per heavy atom. The molecule has 16 heteroatoms. The Morgan fingerprint density at radius 3 is 1.89 bits per heavy atom. The number of hydrogen-bond acceptors (Lipinski definition) is 7. The zero-order chi connectivity index (χ0) is 27.8. The summed E-state index contributed by atoms with van der Waals surface area (Å²) in [5.74, 6) is -3.88. The molecule has 2 fully saturated rings. The molecule has 1 aromatic rings. The van der Waals surface area contributed by atoms with Gasteiger partial charge in [-0.25, -0.2) is 19.6 Å². The molecular weight excluding hydrogens is 504 g/mol. The van der Waals surface area contributed by atoms with E-state index in [9.17, 15) is 31.1 Å². The quantitative estimate of drug-likeness (QED) is 0.564. The number of aryl methyl sites for hydroxylation is 1. The topological polar surface area (TPSA) is 127 Å². The van der Waals surface area contributed by atoms with Gasteiger partial charge >= 0.3 is 24.3 Å². The van der Waals surface area contributed by atoms with Gasteiger partial charge in [0.2, 0.25) is 11.9 Å². The molecule has 0 saturated carbocycles. The number of piperidine rings is 1. The lowest BCUT2D eigenvalue weighted by molar-refractivity contribution is -0.193. The predicted octanol–water partition coefficient (Wildman–Crippen LogP) is 2.04. The average molecular weight is 531 g/mol. The van der Waals surface area contributed by atoms with Gasteiger partial charge in [0, 0.05) is 52.2 Å². The minimum atomic E-state index is -5.08. The van der Waals surface area contributed by atoms with Gasteiger partial charge in [-0.2, -0.15) is 26.3 Å². The number of likely N-dealkylation sites (tertiary alicyclic amines) is 1. The van der Waals surface area contributed by atoms with Crippen molar-refractivity contribution in [3.05, 3.63) is 18.0 Å². The number of amides is 1. The Balaban J connectivity index is 0.000000383. The average Bonchev–Trinajstić information content (AvgIpc) is 3.16. The zero-order valence-electron chi connectivity index (χ0n) is 19.7. The number of likely N-dealkylation sites (N-methyl/N-ethyl adjacent to an activating group) is 1. The second-order valence-corrected chi connectivity index (χ2v) is 8.31. The van der Waals surface area contributed by atoms with Crippen LogP contribution in [0.4, 0.5) is 32.3 Å². The van der Waals surface area contributed by atoms with Crippen molar-refractivity contribution >= 4 is 23.8 Å². The molecule has 1 amide bonds. The van der Waals surface area contributed by atoms with Crippen molar-refractivity contribution in [3.63, 3.8) is 0 Å². The van der Waals surface area contributed by atoms with Crippen LogP contribution >= 0.6 is 0 Å². The third-order valence-corrected chi connectivity index (χ3v) is 5.22. The van der Waals surface area contributed by atoms with Crippen LogP contribution in [0.25, 0.3) is 0 Å². The first-order chi connectivity index (χ1) is 16.4. The lowest BCUT2D eigenvalue weighted by Crippen LogP contribution is -2.46. The summed E-state index contributed by atoms with van der Waals surface area (Å²) in [7, 11) is 3.63. The minimum Gasteiger partial charge on any atom is -0.475 e. The number of carbonyl (C=O) groups excluding carboxylic acids is 1. The van der Waals surface area contributed by atoms with Gasteiger partial charge in [-0.3, -0.25) is 9.69 Å². The highest BCUT2D eigenvalue weighted by Gasteiger charge is 2.41. The first-order valence-electron chi connectivity index (χ1n) is 10.5. The predicted molar refractivity (Wildman–Crippen MR) is 113 cm³/mol. The molecule has 2 aliphatic rings. The molecular formula is C20H27F6N5O5. The van der Waals surface area contributed by atoms with Gasteiger partial charge in [-0.1, -0.05) is 0 Å². The van der Waals surface area contributed by atoms with Crippen molar-refractivity contribution in [2.45, 2.75) is 38.2 Å². The Morgan fingerprint density at radius 2 is 1.47 bits per heavy atom. The van der Waals surface area contributed by atoms with Gasteiger partial charge in [0.1, 0.15) is 0 Å². The standard InChI is InChI=1S/C16H25N5O.2C2HF3O2/c1-12-7-17-16(18-8-12)21-6-4-5-13-9-20(10-14(13)21)11-15(22)19(2)3;2*3-2(4,5)1(6)7/h7-8,13-14H,4-6,9-11H2,1-3H3;2*(H,6,7)/t13-,14+;;/m1../s1. The van der Waals surface area contributed by atoms with Crippen LogP contribution in [-0.2, 0) is 14.4 Å². The summed E-state index contributed by atoms with van der Waals surface area (Å²) in [6.45, 7) is 5.48. The summed E-state index contributed by atoms with van der Waals surface area (Å²) in [6, 6.07) is 0.436. The summed E-state index contributed by atoms with van der Waals surface area (Å²) in [4.78, 5) is 45.0. The lowest BCUT2D eigenvalue weighted by Gasteiger charge is -2.37. The van der Waals surface area contributed by atoms with Crippen molar-refractivity contribution in [2.75, 3.05) is 45.2 Å². The fourth-order valence-electron chi connectivity index (χ4n) is 3.51. The molecule has 2 saturated heterocycles. The molecule has 0 unspecified atom stereocenters. The third-order valence-electron chi connectivity index (χ3n) is 5.22. The first-order valence-corrected chi connectivity index (χ1v) is 10.5. The van der Waals surface area contributed by atoms with E-state index in [0.717, 1.165) is 31.1 Å². The molecule has 1 aromatic heterocycles. The molecule has 2 atom stereocenters. The molecule has 0 spiro atoms. The first kappa shape index (κ1) is 30.9. The molecule has 0 bridgehead atoms. The number of anilines is 1. The van der Waals surface area contributed by atoms with Gasteiger partial charge in [-0.05, 0) is 31.2 Å². The molecule has 10 nitrogen and oxygen atoms in total. The SMILES string of the molecule is Cc1cnc(N2CCC[C@@H]3CN(CC(=O)N(C)C)C[C@@H]32)nc1.O=C(O)C(F)(F)F.O=C(O)C(F)(F)F. The molecule has 2 N–H and O–H groups in total. The van der Waals surface area contributed by atoms with E-state index >= 15 is 0 Å². The fourth-order valence-corrected chi connectivity index (χ4v) is 3.51. The molecule has 2 aliphatic heterocycles. The van der Waals surface area contributed by atoms with Crippen LogP contribution in [-0.4, -0.2) is 106 Å². The monoisotopic (exact) mass is 531 g/mol. The van der Waals surface area contributed by atoms with Gasteiger partial charge < -0.3 is 20.0 Å². The van der Waals surface area contributed by atoms with Crippen molar-refractivity contribution in [1.82, 2.24) is 19.8 Å². The molecule has 0 aromatic carbocycles. The third kappa shape index (κ3) is 9.83. The molecule has 36 heavy (non-hydrogen) atoms. The summed E-state index contributed by atoms with van der Waals surface area (Å²) < 4.78 is 63.5. The van der Waals surface area contributed by atoms with Gasteiger partial charge in [0.05, 0.1) is 6.54 Å². The maximum atomic E-state index is 11.9. The van der Waals surface area contributed by atoms with E-state index in [1.165, 1.54) is 12.8 Å². The number of nitrogens with zero attached hydrogens (tertiary/aromatic N) is 5. The van der Waals surface area contributed by atoms with Crippen LogP contribution in [0.5, 0.6) is 0 Å². The number of carboxylic acids is 2. The maximum Gasteiger partial charge on any atom is 0.490 e. The number of aliphatic carboxylic acids is 2. The Labute approximate surface area is 202 Å². The molecule has 3 heterocycles. The van der Waals surface area contributed by atoms with Gasteiger partial charge in [0.25, 0.3) is 0 Å². The highest BCUT2D eigenvalue weighted by Crippen LogP contribution is 2.32. The van der Waals surface area contributed by atoms with E-state index in [1.807, 2.05) is 33.4 Å². The number of carbonyl (C=O) groups is 3. The number of halogens is 6. The van der Waals surface area contributed by atoms with Crippen molar-refractivity contribution in [2.24, 2.45) is 5.92 Å². The Bertz CT molecular complexity index is 870. The smallest absolute Gasteiger partial charge is 0.475 e. The maximum absolute atomic E-state index is 11.9. The number of alkyl halides is 6. The largest absolute Gasteiger partial charge is 0.490 e. The van der Waals surface area contributed by atoms with Gasteiger partial charge in [0.15, 0.2) is 0 Å². The summed E-state index contributed by atoms with van der Waals surface area (Å²) in [5, 5.41) is 14.2. The molecule has 0 radical (unpaired) electrons. The zero-order valence-corrected chi connectivity index (χ0v) is 19.7. The summed E-state index contributed by atoms with van der Waals surface area (Å²) in [5.41, 5.74) is 1.09. The highest BCUT2D eigenvalue weighted by molar-refractivity contribution is 5.77. The van der Waals surface area contributed by atoms with Crippen molar-refractivity contribution in [1.29, 1.82) is 0 Å². The second-order valence-electron chi connectivity index (χ2n) is 8.31. The van der Waals surface area contributed by atoms with Crippen molar-refractivity contribution < 1.29 is 50.9 Å². The van der Waals surface area contributed by atoms with Crippen LogP contribution in [0.15, 0.2) is 12.4 Å². The normalized spacial score (nSPS) is 19.8. The van der Waals surface area contributed by atoms with E-state index < -0.39 is 24.3 Å². The Kier molecular flexibility index (Phi) is 10.9. The van der Waals surface area contributed by atoms with E-state index in [-0.39, 0.29) is 5.91 Å². The van der Waals surface area contributed by atoms with E-state index in [4.69, 9.17) is 19.8 Å². The van der Waals surface area contributed by atoms with Crippen LogP contribution < -0.4 is 4.90 Å². The van der Waals surface area contributed by atoms with Crippen LogP contribution in [0.2, 0.25) is 0 Å². The highest BCUT2D eigenvalue weighted by atomic mass is 19.4. The molecule has 204 valence electrons. The van der Waals surface area contributed by atoms with E-state index in [2.05, 4.69) is 19.8 Å². The number of fused-ring (bicyclic) bond motifs is 1. The second kappa shape index (κ2) is 12.7. The van der Waals surface area contributed by atoms with Crippen molar-refractivity contribution in [3.8, 4) is 0 Å². The van der Waals surface area contributed by atoms with Gasteiger partial charge in [-0.15, -0.1) is 0 Å². The molecule has 3 rings (SSSR count). The Hall–Kier alpha value is -3.17. The van der Waals surface area contributed by atoms with E-state index in [1.54, 1.807) is 4.90 Å². The van der Waals surface area contributed by atoms with Crippen LogP contribution in [0.1, 0.15) is 18.4 Å². The van der Waals surface area contributed by atoms with E-state index in [0.29, 0.717) is 18.5 Å². The number of rotatable bonds is 3. The number of hydrogen-bond donors (Lipinski definition) is 2. The lowest BCUT2D eigenvalue weighted by atomic mass is 9.92. The van der Waals surface area contributed by atoms with Crippen LogP contribution in [0, 0.1) is 12.8 Å². The fraction of sp³-hybridized carbons (Fsp3) is 0.650. The minimum absolute atomic E-state index is 0.178. The summed E-state index contributed by atoms with van der Waals surface area (Å²) in [6.07, 6.45) is -3.99. The van der Waals surface area contributed by atoms with Crippen LogP contribution in [0.3, 0.4) is 0 Å². The molecule has 0 aliphatic carbocycles. The number of aromatic nitrogens is 2. The summed E-state index contributed by atoms with van der Waals surface area (Å²) >= 11 is 0. The number of carboxylic acid groups (broad SMARTS) is 2.